The summed E-state index contributed by atoms with van der Waals surface area (Å²) in [5.74, 6) is 0. The van der Waals surface area contributed by atoms with Crippen molar-refractivity contribution in [1.29, 1.82) is 0 Å². The molecule has 4 rings (SSSR count). The van der Waals surface area contributed by atoms with E-state index < -0.39 is 14.6 Å². The van der Waals surface area contributed by atoms with Gasteiger partial charge >= 0.3 is 143 Å². The molecule has 0 bridgehead atoms. The Hall–Kier alpha value is -1.15. The maximum Gasteiger partial charge on any atom is -1.00 e. The molecule has 2 aromatic carbocycles. The Labute approximate surface area is 145 Å². The molecule has 0 radical (unpaired) electrons. The topological polar surface area (TPSA) is 0 Å². The van der Waals surface area contributed by atoms with E-state index >= 15 is 0 Å². The Balaban J connectivity index is 0.00000113. The van der Waals surface area contributed by atoms with Crippen molar-refractivity contribution in [3.63, 3.8) is 0 Å². The molecule has 0 atom stereocenters. The van der Waals surface area contributed by atoms with E-state index in [-0.39, 0.29) is 2.85 Å². The molecule has 0 fully saturated rings. The quantitative estimate of drug-likeness (QED) is 0.598. The van der Waals surface area contributed by atoms with Gasteiger partial charge in [0.2, 0.25) is 0 Å². The summed E-state index contributed by atoms with van der Waals surface area (Å²) in [6.45, 7) is 2.32. The van der Waals surface area contributed by atoms with Gasteiger partial charge in [0.15, 0.2) is 0 Å². The van der Waals surface area contributed by atoms with E-state index in [9.17, 15) is 0 Å². The van der Waals surface area contributed by atoms with Gasteiger partial charge in [0.05, 0.1) is 0 Å². The van der Waals surface area contributed by atoms with Crippen LogP contribution in [0.5, 0.6) is 0 Å². The molecule has 2 aliphatic carbocycles. The van der Waals surface area contributed by atoms with Crippen LogP contribution in [0.3, 0.4) is 0 Å². The first kappa shape index (κ1) is 15.4. The Bertz CT molecular complexity index is 888. The standard InChI is InChI=1S/C13H9.C6H7.2CH3.H3Si.Ti.2H/c1-3-7-12-10(5-1)9-11-6-2-4-8-13(11)12;1-6-4-2-3-5-6;;;;;;/h1-5,7-8H,9H2;2,4H,3H2,1H3;3*1H3;;;/q;;;;;;2*-1. The Morgan fingerprint density at radius 3 is 2.48 bits per heavy atom. The van der Waals surface area contributed by atoms with Crippen LogP contribution in [0.1, 0.15) is 27.3 Å². The van der Waals surface area contributed by atoms with Gasteiger partial charge in [-0.1, -0.05) is 0 Å². The van der Waals surface area contributed by atoms with E-state index in [1.54, 1.807) is 18.9 Å². The van der Waals surface area contributed by atoms with Crippen molar-refractivity contribution in [2.75, 3.05) is 0 Å². The summed E-state index contributed by atoms with van der Waals surface area (Å²) >= 11 is -2.74. The van der Waals surface area contributed by atoms with E-state index in [0.29, 0.717) is 0 Å². The van der Waals surface area contributed by atoms with E-state index in [1.807, 2.05) is 0 Å². The molecule has 0 unspecified atom stereocenters. The number of hydrogen-bond acceptors (Lipinski definition) is 0. The minimum absolute atomic E-state index is 0. The molecular weight excluding hydrogens is 328 g/mol. The number of fused-ring (bicyclic) bond motifs is 3. The molecule has 0 heterocycles. The van der Waals surface area contributed by atoms with Crippen molar-refractivity contribution in [1.82, 2.24) is 0 Å². The zero-order valence-electron chi connectivity index (χ0n) is 16.6. The third-order valence-electron chi connectivity index (χ3n) is 6.02. The molecule has 121 valence electrons. The number of allylic oxidation sites excluding steroid dienone is 4. The van der Waals surface area contributed by atoms with Gasteiger partial charge in [0.1, 0.15) is 0 Å². The molecule has 0 saturated heterocycles. The van der Waals surface area contributed by atoms with Crippen LogP contribution in [-0.2, 0) is 21.0 Å². The molecule has 0 amide bonds. The van der Waals surface area contributed by atoms with Crippen molar-refractivity contribution in [3.8, 4) is 11.1 Å². The molecule has 2 heteroatoms. The fourth-order valence-corrected chi connectivity index (χ4v) is 16.4. The molecule has 0 nitrogen and oxygen atoms in total. The van der Waals surface area contributed by atoms with Crippen molar-refractivity contribution in [2.24, 2.45) is 0 Å². The molecule has 0 saturated carbocycles. The summed E-state index contributed by atoms with van der Waals surface area (Å²) in [6.07, 6.45) is 7.04. The van der Waals surface area contributed by atoms with Gasteiger partial charge in [-0.25, -0.2) is 0 Å². The first-order valence-corrected chi connectivity index (χ1v) is 19.0. The summed E-state index contributed by atoms with van der Waals surface area (Å²) in [4.78, 5) is 0. The second-order valence-electron chi connectivity index (χ2n) is 8.56. The summed E-state index contributed by atoms with van der Waals surface area (Å²) < 4.78 is 3.54. The van der Waals surface area contributed by atoms with Gasteiger partial charge in [0, 0.05) is 0 Å². The van der Waals surface area contributed by atoms with Gasteiger partial charge in [-0.15, -0.1) is 0 Å². The molecule has 2 aromatic rings. The maximum absolute atomic E-state index is 2.74. The normalized spacial score (nSPS) is 18.0. The maximum atomic E-state index is 2.66. The number of hydrogen-bond donors (Lipinski definition) is 0. The van der Waals surface area contributed by atoms with Crippen LogP contribution >= 0.6 is 0 Å². The second-order valence-corrected chi connectivity index (χ2v) is 32.5. The Kier molecular flexibility index (Phi) is 3.29. The number of rotatable bonds is 2. The van der Waals surface area contributed by atoms with Gasteiger partial charge in [0.25, 0.3) is 0 Å². The fraction of sp³-hybridized carbons (Fsp3) is 0.238. The predicted octanol–water partition coefficient (Wildman–Crippen LogP) is 4.41. The summed E-state index contributed by atoms with van der Waals surface area (Å²) in [5, 5.41) is 5.32. The Morgan fingerprint density at radius 1 is 1.00 bits per heavy atom. The molecule has 0 spiro atoms. The first-order valence-electron chi connectivity index (χ1n) is 8.66. The van der Waals surface area contributed by atoms with Crippen LogP contribution in [0, 0.1) is 0 Å². The first-order chi connectivity index (χ1) is 10.9. The minimum atomic E-state index is -2.74. The van der Waals surface area contributed by atoms with Gasteiger partial charge in [-0.05, 0) is 0 Å². The number of benzene rings is 2. The van der Waals surface area contributed by atoms with Crippen LogP contribution in [0.2, 0.25) is 10.5 Å². The van der Waals surface area contributed by atoms with Crippen molar-refractivity contribution in [3.05, 3.63) is 75.2 Å². The van der Waals surface area contributed by atoms with Gasteiger partial charge < -0.3 is 2.85 Å². The minimum Gasteiger partial charge on any atom is -1.00 e. The van der Waals surface area contributed by atoms with Crippen molar-refractivity contribution < 1.29 is 17.4 Å². The third kappa shape index (κ3) is 2.21. The Morgan fingerprint density at radius 2 is 1.74 bits per heavy atom. The zero-order valence-corrected chi connectivity index (χ0v) is 18.2. The monoisotopic (exact) mass is 355 g/mol. The molecule has 0 N–H and O–H groups in total. The zero-order chi connectivity index (χ0) is 16.3. The molecule has 23 heavy (non-hydrogen) atoms. The molecule has 2 aliphatic rings. The van der Waals surface area contributed by atoms with Crippen molar-refractivity contribution in [2.45, 2.75) is 30.2 Å². The van der Waals surface area contributed by atoms with E-state index in [1.165, 1.54) is 31.2 Å². The van der Waals surface area contributed by atoms with Gasteiger partial charge in [-0.3, -0.25) is 0 Å². The van der Waals surface area contributed by atoms with E-state index in [2.05, 4.69) is 72.0 Å². The van der Waals surface area contributed by atoms with Crippen molar-refractivity contribution >= 4 is 12.0 Å². The predicted molar refractivity (Wildman–Crippen MR) is 105 cm³/mol. The molecule has 0 aliphatic heterocycles. The van der Waals surface area contributed by atoms with Crippen LogP contribution in [0.25, 0.3) is 11.1 Å². The average molecular weight is 355 g/mol. The van der Waals surface area contributed by atoms with E-state index in [4.69, 9.17) is 0 Å². The summed E-state index contributed by atoms with van der Waals surface area (Å²) in [5.41, 5.74) is 7.66. The van der Waals surface area contributed by atoms with Crippen LogP contribution in [-0.4, -0.2) is 8.11 Å². The third-order valence-corrected chi connectivity index (χ3v) is 18.6. The van der Waals surface area contributed by atoms with Crippen LogP contribution < -0.4 is 3.87 Å². The second kappa shape index (κ2) is 4.92. The summed E-state index contributed by atoms with van der Waals surface area (Å²) in [7, 11) is 1.30. The average Bonchev–Trinajstić information content (AvgIpc) is 3.10. The van der Waals surface area contributed by atoms with Crippen LogP contribution in [0.4, 0.5) is 0 Å². The SMILES string of the molecule is CC1=[C]([Ti]([CH3])([CH3])([SiH3])[c]2cccc3c2Cc2ccccc2-3)CC=C1.[H-].[H-]. The van der Waals surface area contributed by atoms with Crippen LogP contribution in [0.15, 0.2) is 64.1 Å². The molecular formula is C21H27SiTi-2. The fourth-order valence-electron chi connectivity index (χ4n) is 4.80. The largest absolute Gasteiger partial charge is 1.00 e. The summed E-state index contributed by atoms with van der Waals surface area (Å²) in [6, 6.07) is 16.1. The van der Waals surface area contributed by atoms with E-state index in [0.717, 1.165) is 6.42 Å². The molecule has 0 aromatic heterocycles. The smallest absolute Gasteiger partial charge is 1.00 e. The van der Waals surface area contributed by atoms with Gasteiger partial charge in [-0.2, -0.15) is 0 Å².